The maximum absolute atomic E-state index is 13.7. The van der Waals surface area contributed by atoms with Gasteiger partial charge in [-0.1, -0.05) is 24.3 Å². The van der Waals surface area contributed by atoms with E-state index in [0.29, 0.717) is 17.3 Å². The van der Waals surface area contributed by atoms with E-state index in [1.807, 2.05) is 19.0 Å². The second kappa shape index (κ2) is 5.27. The van der Waals surface area contributed by atoms with Crippen molar-refractivity contribution in [2.24, 2.45) is 0 Å². The standard InChI is InChI=1S/C14H16FNO2S/c1-16(2)9-10-19(17,18)14-8-7-13(15)11-5-3-4-6-12(11)14/h3-8H,9-10H2,1-2H3. The molecule has 0 amide bonds. The van der Waals surface area contributed by atoms with Crippen LogP contribution in [0.15, 0.2) is 41.3 Å². The smallest absolute Gasteiger partial charge is 0.180 e. The summed E-state index contributed by atoms with van der Waals surface area (Å²) >= 11 is 0. The van der Waals surface area contributed by atoms with Crippen molar-refractivity contribution in [2.75, 3.05) is 26.4 Å². The molecule has 102 valence electrons. The highest BCUT2D eigenvalue weighted by Crippen LogP contribution is 2.26. The first-order chi connectivity index (χ1) is 8.92. The molecule has 0 spiro atoms. The van der Waals surface area contributed by atoms with E-state index in [2.05, 4.69) is 0 Å². The maximum Gasteiger partial charge on any atom is 0.180 e. The van der Waals surface area contributed by atoms with Gasteiger partial charge in [0.2, 0.25) is 0 Å². The van der Waals surface area contributed by atoms with Gasteiger partial charge in [0.25, 0.3) is 0 Å². The fraction of sp³-hybridized carbons (Fsp3) is 0.286. The Labute approximate surface area is 112 Å². The van der Waals surface area contributed by atoms with Gasteiger partial charge < -0.3 is 4.90 Å². The van der Waals surface area contributed by atoms with Crippen LogP contribution in [0.4, 0.5) is 4.39 Å². The van der Waals surface area contributed by atoms with Crippen molar-refractivity contribution >= 4 is 20.6 Å². The summed E-state index contributed by atoms with van der Waals surface area (Å²) in [4.78, 5) is 2.01. The first kappa shape index (κ1) is 14.0. The van der Waals surface area contributed by atoms with Gasteiger partial charge in [0.1, 0.15) is 5.82 Å². The molecule has 5 heteroatoms. The molecule has 0 N–H and O–H groups in total. The highest BCUT2D eigenvalue weighted by Gasteiger charge is 2.18. The molecule has 2 aromatic carbocycles. The Morgan fingerprint density at radius 3 is 2.32 bits per heavy atom. The number of nitrogens with zero attached hydrogens (tertiary/aromatic N) is 1. The van der Waals surface area contributed by atoms with Gasteiger partial charge in [0.05, 0.1) is 10.6 Å². The van der Waals surface area contributed by atoms with Crippen LogP contribution in [0.25, 0.3) is 10.8 Å². The van der Waals surface area contributed by atoms with Gasteiger partial charge in [-0.05, 0) is 26.2 Å². The van der Waals surface area contributed by atoms with Crippen LogP contribution in [0.2, 0.25) is 0 Å². The molecular weight excluding hydrogens is 265 g/mol. The zero-order valence-electron chi connectivity index (χ0n) is 10.9. The van der Waals surface area contributed by atoms with E-state index in [1.165, 1.54) is 12.1 Å². The molecule has 19 heavy (non-hydrogen) atoms. The van der Waals surface area contributed by atoms with Crippen LogP contribution in [-0.2, 0) is 9.84 Å². The molecule has 0 radical (unpaired) electrons. The summed E-state index contributed by atoms with van der Waals surface area (Å²) in [6.07, 6.45) is 0. The minimum absolute atomic E-state index is 0.0234. The summed E-state index contributed by atoms with van der Waals surface area (Å²) in [6.45, 7) is 0.439. The van der Waals surface area contributed by atoms with Gasteiger partial charge in [-0.2, -0.15) is 0 Å². The molecule has 0 fully saturated rings. The van der Waals surface area contributed by atoms with Crippen molar-refractivity contribution < 1.29 is 12.8 Å². The lowest BCUT2D eigenvalue weighted by molar-refractivity contribution is 0.432. The van der Waals surface area contributed by atoms with Crippen LogP contribution in [-0.4, -0.2) is 39.7 Å². The van der Waals surface area contributed by atoms with Crippen LogP contribution >= 0.6 is 0 Å². The quantitative estimate of drug-likeness (QED) is 0.807. The third kappa shape index (κ3) is 2.93. The fourth-order valence-corrected chi connectivity index (χ4v) is 3.53. The zero-order chi connectivity index (χ0) is 14.0. The van der Waals surface area contributed by atoms with Crippen molar-refractivity contribution in [3.05, 3.63) is 42.2 Å². The minimum atomic E-state index is -3.41. The molecule has 0 aliphatic carbocycles. The highest BCUT2D eigenvalue weighted by molar-refractivity contribution is 7.91. The van der Waals surface area contributed by atoms with E-state index in [9.17, 15) is 12.8 Å². The van der Waals surface area contributed by atoms with Crippen LogP contribution in [0.5, 0.6) is 0 Å². The minimum Gasteiger partial charge on any atom is -0.308 e. The van der Waals surface area contributed by atoms with E-state index in [-0.39, 0.29) is 10.6 Å². The van der Waals surface area contributed by atoms with Gasteiger partial charge in [-0.3, -0.25) is 0 Å². The summed E-state index contributed by atoms with van der Waals surface area (Å²) < 4.78 is 38.3. The molecule has 0 aromatic heterocycles. The van der Waals surface area contributed by atoms with E-state index in [0.717, 1.165) is 0 Å². The molecule has 0 unspecified atom stereocenters. The number of sulfone groups is 1. The first-order valence-electron chi connectivity index (χ1n) is 5.96. The lowest BCUT2D eigenvalue weighted by Crippen LogP contribution is -2.22. The average molecular weight is 281 g/mol. The Morgan fingerprint density at radius 1 is 1.05 bits per heavy atom. The molecule has 2 rings (SSSR count). The summed E-state index contributed by atoms with van der Waals surface area (Å²) in [5.41, 5.74) is 0. The van der Waals surface area contributed by atoms with Crippen LogP contribution in [0.1, 0.15) is 0 Å². The molecule has 0 heterocycles. The number of fused-ring (bicyclic) bond motifs is 1. The van der Waals surface area contributed by atoms with Crippen molar-refractivity contribution in [1.29, 1.82) is 0 Å². The van der Waals surface area contributed by atoms with Crippen molar-refractivity contribution in [1.82, 2.24) is 4.90 Å². The van der Waals surface area contributed by atoms with Crippen molar-refractivity contribution in [3.63, 3.8) is 0 Å². The molecule has 3 nitrogen and oxygen atoms in total. The number of halogens is 1. The Morgan fingerprint density at radius 2 is 1.68 bits per heavy atom. The molecule has 0 atom stereocenters. The second-order valence-electron chi connectivity index (χ2n) is 4.71. The number of hydrogen-bond donors (Lipinski definition) is 0. The largest absolute Gasteiger partial charge is 0.308 e. The number of hydrogen-bond acceptors (Lipinski definition) is 3. The van der Waals surface area contributed by atoms with Crippen molar-refractivity contribution in [3.8, 4) is 0 Å². The zero-order valence-corrected chi connectivity index (χ0v) is 11.7. The summed E-state index contributed by atoms with van der Waals surface area (Å²) in [5, 5.41) is 0.787. The molecule has 2 aromatic rings. The van der Waals surface area contributed by atoms with Crippen LogP contribution < -0.4 is 0 Å². The van der Waals surface area contributed by atoms with Crippen LogP contribution in [0, 0.1) is 5.82 Å². The molecule has 0 aliphatic rings. The lowest BCUT2D eigenvalue weighted by Gasteiger charge is -2.12. The predicted octanol–water partition coefficient (Wildman–Crippen LogP) is 2.31. The third-order valence-electron chi connectivity index (χ3n) is 2.97. The molecule has 0 saturated heterocycles. The van der Waals surface area contributed by atoms with E-state index in [4.69, 9.17) is 0 Å². The SMILES string of the molecule is CN(C)CCS(=O)(=O)c1ccc(F)c2ccccc12. The third-order valence-corrected chi connectivity index (χ3v) is 4.72. The van der Waals surface area contributed by atoms with Gasteiger partial charge in [-0.25, -0.2) is 12.8 Å². The Kier molecular flexibility index (Phi) is 3.87. The van der Waals surface area contributed by atoms with Gasteiger partial charge in [-0.15, -0.1) is 0 Å². The van der Waals surface area contributed by atoms with E-state index < -0.39 is 15.7 Å². The number of rotatable bonds is 4. The topological polar surface area (TPSA) is 37.4 Å². The highest BCUT2D eigenvalue weighted by atomic mass is 32.2. The van der Waals surface area contributed by atoms with Gasteiger partial charge in [0.15, 0.2) is 9.84 Å². The normalized spacial score (nSPS) is 12.2. The number of benzene rings is 2. The van der Waals surface area contributed by atoms with Crippen molar-refractivity contribution in [2.45, 2.75) is 4.90 Å². The Hall–Kier alpha value is -1.46. The Bertz CT molecular complexity index is 696. The first-order valence-corrected chi connectivity index (χ1v) is 7.62. The van der Waals surface area contributed by atoms with Gasteiger partial charge >= 0.3 is 0 Å². The molecular formula is C14H16FNO2S. The molecule has 0 aliphatic heterocycles. The van der Waals surface area contributed by atoms with E-state index in [1.54, 1.807) is 24.3 Å². The van der Waals surface area contributed by atoms with Gasteiger partial charge in [0, 0.05) is 17.3 Å². The summed E-state index contributed by atoms with van der Waals surface area (Å²) in [5.74, 6) is -0.377. The summed E-state index contributed by atoms with van der Waals surface area (Å²) in [7, 11) is 0.228. The monoisotopic (exact) mass is 281 g/mol. The summed E-state index contributed by atoms with van der Waals surface area (Å²) in [6, 6.07) is 9.21. The second-order valence-corrected chi connectivity index (χ2v) is 6.79. The predicted molar refractivity (Wildman–Crippen MR) is 74.5 cm³/mol. The molecule has 0 saturated carbocycles. The Balaban J connectivity index is 2.54. The lowest BCUT2D eigenvalue weighted by atomic mass is 10.1. The fourth-order valence-electron chi connectivity index (χ4n) is 1.92. The maximum atomic E-state index is 13.7. The van der Waals surface area contributed by atoms with Crippen LogP contribution in [0.3, 0.4) is 0 Å². The molecule has 0 bridgehead atoms. The average Bonchev–Trinajstić information content (AvgIpc) is 2.37. The van der Waals surface area contributed by atoms with E-state index >= 15 is 0 Å².